The molecule has 6 heteroatoms. The van der Waals surface area contributed by atoms with Crippen molar-refractivity contribution in [2.45, 2.75) is 19.3 Å². The summed E-state index contributed by atoms with van der Waals surface area (Å²) in [6.45, 7) is 2.16. The molecule has 1 heterocycles. The first-order chi connectivity index (χ1) is 12.2. The summed E-state index contributed by atoms with van der Waals surface area (Å²) in [5, 5.41) is 12.5. The van der Waals surface area contributed by atoms with Gasteiger partial charge in [-0.15, -0.1) is 10.2 Å². The second-order valence-electron chi connectivity index (χ2n) is 5.70. The summed E-state index contributed by atoms with van der Waals surface area (Å²) in [6.07, 6.45) is 0.792. The van der Waals surface area contributed by atoms with E-state index in [0.717, 1.165) is 11.4 Å². The number of aromatic nitrogens is 2. The molecule has 5 nitrogen and oxygen atoms in total. The largest absolute Gasteiger partial charge is 0.497 e. The highest BCUT2D eigenvalue weighted by molar-refractivity contribution is 7.15. The van der Waals surface area contributed by atoms with Gasteiger partial charge in [0.05, 0.1) is 7.11 Å². The predicted molar refractivity (Wildman–Crippen MR) is 99.4 cm³/mol. The fraction of sp³-hybridized carbons (Fsp3) is 0.211. The Morgan fingerprint density at radius 2 is 1.84 bits per heavy atom. The molecule has 0 saturated heterocycles. The highest BCUT2D eigenvalue weighted by Crippen LogP contribution is 2.24. The molecule has 0 radical (unpaired) electrons. The van der Waals surface area contributed by atoms with Gasteiger partial charge in [-0.3, -0.25) is 10.1 Å². The van der Waals surface area contributed by atoms with Crippen molar-refractivity contribution in [3.8, 4) is 5.75 Å². The molecule has 1 amide bonds. The maximum atomic E-state index is 12.3. The molecular formula is C19H19N3O2S. The Hall–Kier alpha value is -2.73. The number of carbonyl (C=O) groups excluding carboxylic acids is 1. The summed E-state index contributed by atoms with van der Waals surface area (Å²) in [5.74, 6) is 0.852. The fourth-order valence-electron chi connectivity index (χ4n) is 2.46. The first kappa shape index (κ1) is 17.1. The minimum Gasteiger partial charge on any atom is -0.497 e. The van der Waals surface area contributed by atoms with Crippen LogP contribution in [0.4, 0.5) is 5.13 Å². The first-order valence-corrected chi connectivity index (χ1v) is 8.80. The van der Waals surface area contributed by atoms with Crippen molar-refractivity contribution in [2.75, 3.05) is 12.4 Å². The van der Waals surface area contributed by atoms with Crippen LogP contribution in [0.3, 0.4) is 0 Å². The van der Waals surface area contributed by atoms with E-state index in [9.17, 15) is 4.79 Å². The summed E-state index contributed by atoms with van der Waals surface area (Å²) in [5.41, 5.74) is 1.82. The molecule has 1 unspecified atom stereocenters. The van der Waals surface area contributed by atoms with Gasteiger partial charge >= 0.3 is 0 Å². The van der Waals surface area contributed by atoms with E-state index in [4.69, 9.17) is 4.74 Å². The molecule has 1 aromatic heterocycles. The van der Waals surface area contributed by atoms with Gasteiger partial charge in [0.2, 0.25) is 5.13 Å². The van der Waals surface area contributed by atoms with E-state index in [1.54, 1.807) is 31.4 Å². The van der Waals surface area contributed by atoms with Gasteiger partial charge in [0.15, 0.2) is 0 Å². The van der Waals surface area contributed by atoms with Crippen molar-refractivity contribution in [3.63, 3.8) is 0 Å². The number of hydrogen-bond donors (Lipinski definition) is 1. The highest BCUT2D eigenvalue weighted by Gasteiger charge is 2.13. The summed E-state index contributed by atoms with van der Waals surface area (Å²) in [4.78, 5) is 12.3. The van der Waals surface area contributed by atoms with Crippen LogP contribution >= 0.6 is 11.3 Å². The van der Waals surface area contributed by atoms with Gasteiger partial charge < -0.3 is 4.74 Å². The standard InChI is InChI=1S/C19H19N3O2S/c1-13(14-6-4-3-5-7-14)12-17-21-22-19(25-17)20-18(23)15-8-10-16(24-2)11-9-15/h3-11,13H,12H2,1-2H3,(H,20,22,23). The van der Waals surface area contributed by atoms with Gasteiger partial charge in [-0.05, 0) is 35.7 Å². The second-order valence-corrected chi connectivity index (χ2v) is 6.76. The van der Waals surface area contributed by atoms with Gasteiger partial charge in [0.25, 0.3) is 5.91 Å². The number of nitrogens with one attached hydrogen (secondary N) is 1. The molecule has 25 heavy (non-hydrogen) atoms. The quantitative estimate of drug-likeness (QED) is 0.723. The van der Waals surface area contributed by atoms with Crippen LogP contribution in [0, 0.1) is 0 Å². The van der Waals surface area contributed by atoms with E-state index in [1.165, 1.54) is 16.9 Å². The summed E-state index contributed by atoms with van der Waals surface area (Å²) in [6, 6.07) is 17.2. The van der Waals surface area contributed by atoms with Gasteiger partial charge in [-0.2, -0.15) is 0 Å². The summed E-state index contributed by atoms with van der Waals surface area (Å²) >= 11 is 1.41. The molecule has 0 aliphatic heterocycles. The zero-order valence-electron chi connectivity index (χ0n) is 14.1. The lowest BCUT2D eigenvalue weighted by molar-refractivity contribution is 0.102. The number of carbonyl (C=O) groups is 1. The molecule has 0 bridgehead atoms. The van der Waals surface area contributed by atoms with Crippen LogP contribution in [0.15, 0.2) is 54.6 Å². The Bertz CT molecular complexity index is 831. The van der Waals surface area contributed by atoms with Crippen LogP contribution in [-0.2, 0) is 6.42 Å². The maximum absolute atomic E-state index is 12.3. The van der Waals surface area contributed by atoms with Crippen LogP contribution in [-0.4, -0.2) is 23.2 Å². The average Bonchev–Trinajstić information content (AvgIpc) is 3.09. The van der Waals surface area contributed by atoms with Gasteiger partial charge in [-0.1, -0.05) is 48.6 Å². The number of hydrogen-bond acceptors (Lipinski definition) is 5. The number of nitrogens with zero attached hydrogens (tertiary/aromatic N) is 2. The second kappa shape index (κ2) is 7.90. The first-order valence-electron chi connectivity index (χ1n) is 7.98. The van der Waals surface area contributed by atoms with Crippen molar-refractivity contribution in [1.82, 2.24) is 10.2 Å². The SMILES string of the molecule is COc1ccc(C(=O)Nc2nnc(CC(C)c3ccccc3)s2)cc1. The summed E-state index contributed by atoms with van der Waals surface area (Å²) < 4.78 is 5.09. The third-order valence-corrected chi connectivity index (χ3v) is 4.75. The van der Waals surface area contributed by atoms with Gasteiger partial charge in [0, 0.05) is 12.0 Å². The predicted octanol–water partition coefficient (Wildman–Crippen LogP) is 4.15. The normalized spacial score (nSPS) is 11.8. The Kier molecular flexibility index (Phi) is 5.40. The molecule has 0 aliphatic carbocycles. The minimum absolute atomic E-state index is 0.207. The Balaban J connectivity index is 1.62. The van der Waals surface area contributed by atoms with Crippen LogP contribution < -0.4 is 10.1 Å². The van der Waals surface area contributed by atoms with E-state index in [1.807, 2.05) is 18.2 Å². The zero-order valence-corrected chi connectivity index (χ0v) is 14.9. The fourth-order valence-corrected chi connectivity index (χ4v) is 3.32. The third kappa shape index (κ3) is 4.42. The number of anilines is 1. The highest BCUT2D eigenvalue weighted by atomic mass is 32.1. The van der Waals surface area contributed by atoms with Gasteiger partial charge in [-0.25, -0.2) is 0 Å². The molecule has 0 saturated carbocycles. The zero-order chi connectivity index (χ0) is 17.6. The Morgan fingerprint density at radius 1 is 1.12 bits per heavy atom. The molecule has 2 aromatic carbocycles. The number of amides is 1. The topological polar surface area (TPSA) is 64.1 Å². The van der Waals surface area contributed by atoms with Crippen molar-refractivity contribution < 1.29 is 9.53 Å². The number of benzene rings is 2. The number of rotatable bonds is 6. The Morgan fingerprint density at radius 3 is 2.52 bits per heavy atom. The van der Waals surface area contributed by atoms with E-state index in [2.05, 4.69) is 34.6 Å². The molecule has 0 spiro atoms. The van der Waals surface area contributed by atoms with Crippen LogP contribution in [0.2, 0.25) is 0 Å². The van der Waals surface area contributed by atoms with E-state index >= 15 is 0 Å². The van der Waals surface area contributed by atoms with Crippen molar-refractivity contribution in [2.24, 2.45) is 0 Å². The maximum Gasteiger partial charge on any atom is 0.257 e. The number of methoxy groups -OCH3 is 1. The van der Waals surface area contributed by atoms with E-state index in [-0.39, 0.29) is 5.91 Å². The average molecular weight is 353 g/mol. The molecule has 0 fully saturated rings. The lowest BCUT2D eigenvalue weighted by atomic mass is 9.98. The molecule has 128 valence electrons. The smallest absolute Gasteiger partial charge is 0.257 e. The van der Waals surface area contributed by atoms with Crippen molar-refractivity contribution >= 4 is 22.4 Å². The van der Waals surface area contributed by atoms with Crippen LogP contribution in [0.25, 0.3) is 0 Å². The van der Waals surface area contributed by atoms with E-state index < -0.39 is 0 Å². The van der Waals surface area contributed by atoms with Crippen LogP contribution in [0.5, 0.6) is 5.75 Å². The molecule has 3 rings (SSSR count). The summed E-state index contributed by atoms with van der Waals surface area (Å²) in [7, 11) is 1.59. The van der Waals surface area contributed by atoms with E-state index in [0.29, 0.717) is 22.4 Å². The van der Waals surface area contributed by atoms with Crippen LogP contribution in [0.1, 0.15) is 33.8 Å². The third-order valence-electron chi connectivity index (χ3n) is 3.89. The lowest BCUT2D eigenvalue weighted by Gasteiger charge is -2.08. The monoisotopic (exact) mass is 353 g/mol. The minimum atomic E-state index is -0.207. The number of ether oxygens (including phenoxy) is 1. The molecule has 1 N–H and O–H groups in total. The lowest BCUT2D eigenvalue weighted by Crippen LogP contribution is -2.11. The molecule has 0 aliphatic rings. The molecule has 1 atom stereocenters. The molecular weight excluding hydrogens is 334 g/mol. The molecule has 3 aromatic rings. The Labute approximate surface area is 150 Å². The van der Waals surface area contributed by atoms with Gasteiger partial charge in [0.1, 0.15) is 10.8 Å². The van der Waals surface area contributed by atoms with Crippen molar-refractivity contribution in [3.05, 3.63) is 70.7 Å². The van der Waals surface area contributed by atoms with Crippen molar-refractivity contribution in [1.29, 1.82) is 0 Å².